The topological polar surface area (TPSA) is 106 Å². The first-order chi connectivity index (χ1) is 13.0. The van der Waals surface area contributed by atoms with Gasteiger partial charge in [-0.3, -0.25) is 4.79 Å². The number of para-hydroxylation sites is 2. The molecular weight excluding hydrogens is 346 g/mol. The Morgan fingerprint density at radius 3 is 2.89 bits per heavy atom. The van der Waals surface area contributed by atoms with Crippen molar-refractivity contribution in [3.05, 3.63) is 59.5 Å². The molecule has 0 aromatic heterocycles. The summed E-state index contributed by atoms with van der Waals surface area (Å²) >= 11 is 0. The van der Waals surface area contributed by atoms with E-state index in [-0.39, 0.29) is 18.0 Å². The monoisotopic (exact) mass is 367 g/mol. The minimum Gasteiger partial charge on any atom is -0.495 e. The van der Waals surface area contributed by atoms with Crippen LogP contribution in [-0.4, -0.2) is 23.2 Å². The summed E-state index contributed by atoms with van der Waals surface area (Å²) in [5.74, 6) is -0.203. The third-order valence-electron chi connectivity index (χ3n) is 4.75. The molecule has 1 aromatic carbocycles. The summed E-state index contributed by atoms with van der Waals surface area (Å²) in [5, 5.41) is 31.5. The van der Waals surface area contributed by atoms with Crippen LogP contribution in [0, 0.1) is 17.2 Å². The Kier molecular flexibility index (Phi) is 5.36. The van der Waals surface area contributed by atoms with Crippen LogP contribution in [0.3, 0.4) is 0 Å². The Labute approximate surface area is 157 Å². The van der Waals surface area contributed by atoms with Crippen molar-refractivity contribution in [1.29, 1.82) is 5.26 Å². The number of aliphatic hydroxyl groups is 1. The van der Waals surface area contributed by atoms with E-state index >= 15 is 0 Å². The average Bonchev–Trinajstić information content (AvgIpc) is 3.01. The highest BCUT2D eigenvalue weighted by atomic mass is 16.5. The molecule has 0 bridgehead atoms. The van der Waals surface area contributed by atoms with Gasteiger partial charge in [0.25, 0.3) is 0 Å². The van der Waals surface area contributed by atoms with Crippen LogP contribution in [0.1, 0.15) is 25.7 Å². The lowest BCUT2D eigenvalue weighted by Crippen LogP contribution is -2.22. The smallest absolute Gasteiger partial charge is 0.306 e. The number of ether oxygens (including phenoxy) is 1. The Morgan fingerprint density at radius 1 is 1.41 bits per heavy atom. The third kappa shape index (κ3) is 4.06. The molecule has 1 heterocycles. The van der Waals surface area contributed by atoms with Gasteiger partial charge in [0, 0.05) is 13.1 Å². The Balaban J connectivity index is 1.73. The maximum atomic E-state index is 11.2. The summed E-state index contributed by atoms with van der Waals surface area (Å²) in [4.78, 5) is 13.0. The number of carboxylic acids is 1. The minimum absolute atomic E-state index is 0.137. The van der Waals surface area contributed by atoms with Crippen LogP contribution >= 0.6 is 0 Å². The average molecular weight is 367 g/mol. The van der Waals surface area contributed by atoms with Crippen LogP contribution in [0.15, 0.2) is 59.5 Å². The van der Waals surface area contributed by atoms with Gasteiger partial charge < -0.3 is 25.2 Å². The van der Waals surface area contributed by atoms with E-state index in [1.807, 2.05) is 42.3 Å². The van der Waals surface area contributed by atoms with Gasteiger partial charge in [-0.2, -0.15) is 5.26 Å². The molecule has 1 aliphatic carbocycles. The quantitative estimate of drug-likeness (QED) is 0.553. The van der Waals surface area contributed by atoms with Crippen molar-refractivity contribution in [2.45, 2.75) is 25.7 Å². The normalized spacial score (nSPS) is 22.7. The van der Waals surface area contributed by atoms with Crippen molar-refractivity contribution in [2.24, 2.45) is 5.92 Å². The summed E-state index contributed by atoms with van der Waals surface area (Å²) in [6.07, 6.45) is 5.36. The van der Waals surface area contributed by atoms with E-state index < -0.39 is 11.9 Å². The lowest BCUT2D eigenvalue weighted by molar-refractivity contribution is -0.142. The van der Waals surface area contributed by atoms with Gasteiger partial charge >= 0.3 is 5.97 Å². The maximum Gasteiger partial charge on any atom is 0.306 e. The summed E-state index contributed by atoms with van der Waals surface area (Å²) < 4.78 is 5.74. The minimum atomic E-state index is -0.859. The number of anilines is 1. The van der Waals surface area contributed by atoms with E-state index in [4.69, 9.17) is 9.84 Å². The molecule has 7 heteroatoms. The highest BCUT2D eigenvalue weighted by Crippen LogP contribution is 2.37. The molecule has 1 unspecified atom stereocenters. The molecule has 1 atom stereocenters. The second-order valence-corrected chi connectivity index (χ2v) is 6.53. The fraction of sp³-hybridized carbons (Fsp3) is 0.300. The highest BCUT2D eigenvalue weighted by Gasteiger charge is 2.25. The Hall–Kier alpha value is -3.40. The number of rotatable bonds is 4. The van der Waals surface area contributed by atoms with Crippen molar-refractivity contribution in [2.75, 3.05) is 11.9 Å². The fourth-order valence-electron chi connectivity index (χ4n) is 3.23. The van der Waals surface area contributed by atoms with Gasteiger partial charge in [0.1, 0.15) is 11.8 Å². The van der Waals surface area contributed by atoms with Crippen molar-refractivity contribution in [3.63, 3.8) is 0 Å². The van der Waals surface area contributed by atoms with Crippen LogP contribution in [-0.2, 0) is 4.79 Å². The molecule has 1 saturated carbocycles. The molecule has 140 valence electrons. The van der Waals surface area contributed by atoms with Gasteiger partial charge in [-0.05, 0) is 49.5 Å². The number of allylic oxidation sites excluding steroid dienone is 4. The molecule has 0 spiro atoms. The molecule has 0 amide bonds. The first-order valence-electron chi connectivity index (χ1n) is 8.73. The number of nitrogens with zero attached hydrogens (tertiary/aromatic N) is 2. The number of benzene rings is 1. The lowest BCUT2D eigenvalue weighted by atomic mass is 9.85. The van der Waals surface area contributed by atoms with E-state index in [1.165, 1.54) is 6.08 Å². The van der Waals surface area contributed by atoms with E-state index in [1.54, 1.807) is 6.08 Å². The summed E-state index contributed by atoms with van der Waals surface area (Å²) in [5.41, 5.74) is 1.69. The standard InChI is InChI=1S/C20H21N3O4/c1-23-16-7-2-3-8-17(16)27-18(23)10-9-15(12-21)22-19(24)13-5-4-6-14(11-13)20(25)26/h2-3,7-10,14,22,24H,4-6,11H2,1H3,(H,25,26)/b15-9?,18-10?,19-13+. The molecule has 2 aliphatic rings. The number of hydrogen-bond donors (Lipinski definition) is 3. The second-order valence-electron chi connectivity index (χ2n) is 6.53. The predicted molar refractivity (Wildman–Crippen MR) is 99.6 cm³/mol. The number of carboxylic acid groups (broad SMARTS) is 1. The molecule has 27 heavy (non-hydrogen) atoms. The molecule has 3 N–H and O–H groups in total. The molecule has 1 aromatic rings. The van der Waals surface area contributed by atoms with Gasteiger partial charge in [-0.1, -0.05) is 12.1 Å². The van der Waals surface area contributed by atoms with E-state index in [2.05, 4.69) is 5.32 Å². The molecular formula is C20H21N3O4. The largest absolute Gasteiger partial charge is 0.495 e. The zero-order chi connectivity index (χ0) is 19.4. The van der Waals surface area contributed by atoms with Crippen LogP contribution < -0.4 is 15.0 Å². The summed E-state index contributed by atoms with van der Waals surface area (Å²) in [6.45, 7) is 0. The van der Waals surface area contributed by atoms with Crippen molar-refractivity contribution < 1.29 is 19.7 Å². The molecule has 3 rings (SSSR count). The SMILES string of the molecule is CN1C(=CC=C(C#N)N/C(O)=C2/CCCC(C(=O)O)C2)Oc2ccccc21. The molecule has 7 nitrogen and oxygen atoms in total. The molecule has 1 aliphatic heterocycles. The fourth-order valence-corrected chi connectivity index (χ4v) is 3.23. The van der Waals surface area contributed by atoms with Gasteiger partial charge in [-0.15, -0.1) is 0 Å². The van der Waals surface area contributed by atoms with Crippen molar-refractivity contribution >= 4 is 11.7 Å². The zero-order valence-corrected chi connectivity index (χ0v) is 15.0. The van der Waals surface area contributed by atoms with E-state index in [0.717, 1.165) is 11.4 Å². The lowest BCUT2D eigenvalue weighted by Gasteiger charge is -2.21. The van der Waals surface area contributed by atoms with Crippen molar-refractivity contribution in [3.8, 4) is 11.8 Å². The Bertz CT molecular complexity index is 879. The number of aliphatic carboxylic acids is 1. The molecule has 0 radical (unpaired) electrons. The number of aliphatic hydroxyl groups excluding tert-OH is 1. The number of nitrogens with one attached hydrogen (secondary N) is 1. The summed E-state index contributed by atoms with van der Waals surface area (Å²) in [7, 11) is 1.86. The van der Waals surface area contributed by atoms with Crippen LogP contribution in [0.4, 0.5) is 5.69 Å². The van der Waals surface area contributed by atoms with E-state index in [0.29, 0.717) is 30.7 Å². The highest BCUT2D eigenvalue weighted by molar-refractivity contribution is 5.70. The van der Waals surface area contributed by atoms with Gasteiger partial charge in [0.15, 0.2) is 17.5 Å². The van der Waals surface area contributed by atoms with Gasteiger partial charge in [-0.25, -0.2) is 0 Å². The number of nitriles is 1. The predicted octanol–water partition coefficient (Wildman–Crippen LogP) is 3.40. The third-order valence-corrected chi connectivity index (χ3v) is 4.75. The van der Waals surface area contributed by atoms with Gasteiger partial charge in [0.2, 0.25) is 0 Å². The number of carbonyl (C=O) groups is 1. The first-order valence-corrected chi connectivity index (χ1v) is 8.73. The van der Waals surface area contributed by atoms with Crippen LogP contribution in [0.2, 0.25) is 0 Å². The number of fused-ring (bicyclic) bond motifs is 1. The maximum absolute atomic E-state index is 11.2. The van der Waals surface area contributed by atoms with E-state index in [9.17, 15) is 15.2 Å². The first kappa shape index (κ1) is 18.4. The zero-order valence-electron chi connectivity index (χ0n) is 15.0. The van der Waals surface area contributed by atoms with Gasteiger partial charge in [0.05, 0.1) is 11.6 Å². The summed E-state index contributed by atoms with van der Waals surface area (Å²) in [6, 6.07) is 9.57. The van der Waals surface area contributed by atoms with Crippen LogP contribution in [0.5, 0.6) is 5.75 Å². The second kappa shape index (κ2) is 7.87. The number of hydrogen-bond acceptors (Lipinski definition) is 6. The van der Waals surface area contributed by atoms with Crippen molar-refractivity contribution in [1.82, 2.24) is 5.32 Å². The van der Waals surface area contributed by atoms with Crippen LogP contribution in [0.25, 0.3) is 0 Å². The molecule has 1 fully saturated rings. The molecule has 0 saturated heterocycles. The Morgan fingerprint density at radius 2 is 2.19 bits per heavy atom.